The predicted molar refractivity (Wildman–Crippen MR) is 129 cm³/mol. The molecule has 3 aromatic rings. The second kappa shape index (κ2) is 10.5. The second-order valence-electron chi connectivity index (χ2n) is 8.49. The first-order chi connectivity index (χ1) is 16.3. The molecule has 0 radical (unpaired) electrons. The smallest absolute Gasteiger partial charge is 0.251 e. The molecule has 0 unspecified atom stereocenters. The van der Waals surface area contributed by atoms with Crippen LogP contribution in [0.1, 0.15) is 45.7 Å². The normalized spacial score (nSPS) is 16.0. The van der Waals surface area contributed by atoms with E-state index in [4.69, 9.17) is 4.74 Å². The molecule has 1 aliphatic rings. The summed E-state index contributed by atoms with van der Waals surface area (Å²) in [4.78, 5) is 12.9. The average molecular weight is 483 g/mol. The van der Waals surface area contributed by atoms with E-state index in [1.807, 2.05) is 36.7 Å². The zero-order valence-electron chi connectivity index (χ0n) is 19.5. The Morgan fingerprint density at radius 3 is 2.68 bits per heavy atom. The van der Waals surface area contributed by atoms with Crippen molar-refractivity contribution in [3.05, 3.63) is 82.7 Å². The highest BCUT2D eigenvalue weighted by molar-refractivity contribution is 7.89. The Kier molecular flexibility index (Phi) is 7.45. The van der Waals surface area contributed by atoms with E-state index < -0.39 is 10.0 Å². The molecule has 9 heteroatoms. The van der Waals surface area contributed by atoms with Crippen molar-refractivity contribution in [2.75, 3.05) is 13.2 Å². The van der Waals surface area contributed by atoms with Gasteiger partial charge >= 0.3 is 0 Å². The molecule has 0 aliphatic carbocycles. The molecular formula is C25H30N4O4S. The third-order valence-corrected chi connectivity index (χ3v) is 7.49. The number of sulfonamides is 1. The standard InChI is InChI=1S/C25H30N4O4S/c1-18-24(19(2)29(28-18)17-20-8-4-3-5-9-20)16-26-25(30)21-10-6-12-23(14-21)34(31,32)27-15-22-11-7-13-33-22/h3-6,8-10,12,14,22,27H,7,11,13,15-17H2,1-2H3,(H,26,30)/t22-/m1/s1. The maximum Gasteiger partial charge on any atom is 0.251 e. The first kappa shape index (κ1) is 24.1. The first-order valence-electron chi connectivity index (χ1n) is 11.4. The highest BCUT2D eigenvalue weighted by atomic mass is 32.2. The van der Waals surface area contributed by atoms with Crippen LogP contribution >= 0.6 is 0 Å². The van der Waals surface area contributed by atoms with E-state index in [1.54, 1.807) is 12.1 Å². The lowest BCUT2D eigenvalue weighted by molar-refractivity contribution is 0.0950. The monoisotopic (exact) mass is 482 g/mol. The summed E-state index contributed by atoms with van der Waals surface area (Å²) in [5.41, 5.74) is 4.22. The van der Waals surface area contributed by atoms with Gasteiger partial charge in [-0.15, -0.1) is 0 Å². The molecule has 1 saturated heterocycles. The van der Waals surface area contributed by atoms with Gasteiger partial charge in [0, 0.05) is 36.5 Å². The molecule has 2 heterocycles. The lowest BCUT2D eigenvalue weighted by atomic mass is 10.1. The number of carbonyl (C=O) groups is 1. The second-order valence-corrected chi connectivity index (χ2v) is 10.3. The highest BCUT2D eigenvalue weighted by Crippen LogP contribution is 2.17. The summed E-state index contributed by atoms with van der Waals surface area (Å²) < 4.78 is 35.3. The number of amides is 1. The highest BCUT2D eigenvalue weighted by Gasteiger charge is 2.21. The maximum absolute atomic E-state index is 12.8. The summed E-state index contributed by atoms with van der Waals surface area (Å²) in [7, 11) is -3.73. The van der Waals surface area contributed by atoms with Crippen molar-refractivity contribution in [2.45, 2.75) is 50.8 Å². The molecule has 1 atom stereocenters. The Hall–Kier alpha value is -3.01. The molecule has 0 saturated carbocycles. The van der Waals surface area contributed by atoms with Crippen LogP contribution < -0.4 is 10.0 Å². The number of hydrogen-bond acceptors (Lipinski definition) is 5. The van der Waals surface area contributed by atoms with Crippen molar-refractivity contribution in [3.8, 4) is 0 Å². The van der Waals surface area contributed by atoms with E-state index in [2.05, 4.69) is 27.3 Å². The molecule has 0 spiro atoms. The quantitative estimate of drug-likeness (QED) is 0.488. The zero-order chi connectivity index (χ0) is 24.1. The average Bonchev–Trinajstić information content (AvgIpc) is 3.45. The van der Waals surface area contributed by atoms with Crippen molar-refractivity contribution >= 4 is 15.9 Å². The van der Waals surface area contributed by atoms with Crippen molar-refractivity contribution in [3.63, 3.8) is 0 Å². The molecule has 34 heavy (non-hydrogen) atoms. The van der Waals surface area contributed by atoms with E-state index in [-0.39, 0.29) is 29.0 Å². The van der Waals surface area contributed by atoms with Gasteiger partial charge in [0.15, 0.2) is 0 Å². The van der Waals surface area contributed by atoms with Crippen LogP contribution in [0, 0.1) is 13.8 Å². The number of aryl methyl sites for hydroxylation is 1. The fourth-order valence-corrected chi connectivity index (χ4v) is 5.18. The van der Waals surface area contributed by atoms with Crippen LogP contribution in [0.4, 0.5) is 0 Å². The topological polar surface area (TPSA) is 102 Å². The lowest BCUT2D eigenvalue weighted by Gasteiger charge is -2.12. The van der Waals surface area contributed by atoms with Crippen LogP contribution in [-0.4, -0.2) is 43.4 Å². The van der Waals surface area contributed by atoms with E-state index in [1.165, 1.54) is 12.1 Å². The van der Waals surface area contributed by atoms with Crippen molar-refractivity contribution in [1.29, 1.82) is 0 Å². The van der Waals surface area contributed by atoms with Crippen LogP contribution in [0.3, 0.4) is 0 Å². The number of nitrogens with zero attached hydrogens (tertiary/aromatic N) is 2. The summed E-state index contributed by atoms with van der Waals surface area (Å²) in [6.45, 7) is 5.75. The van der Waals surface area contributed by atoms with Crippen LogP contribution in [0.5, 0.6) is 0 Å². The van der Waals surface area contributed by atoms with E-state index in [9.17, 15) is 13.2 Å². The minimum atomic E-state index is -3.73. The molecule has 8 nitrogen and oxygen atoms in total. The first-order valence-corrected chi connectivity index (χ1v) is 12.9. The van der Waals surface area contributed by atoms with Gasteiger partial charge in [-0.3, -0.25) is 9.48 Å². The molecule has 1 amide bonds. The van der Waals surface area contributed by atoms with Gasteiger partial charge in [-0.05, 0) is 50.5 Å². The van der Waals surface area contributed by atoms with E-state index in [0.29, 0.717) is 19.7 Å². The summed E-state index contributed by atoms with van der Waals surface area (Å²) in [5, 5.41) is 7.53. The Morgan fingerprint density at radius 1 is 1.15 bits per heavy atom. The Balaban J connectivity index is 1.40. The van der Waals surface area contributed by atoms with Gasteiger partial charge in [-0.2, -0.15) is 5.10 Å². The van der Waals surface area contributed by atoms with Crippen LogP contribution in [-0.2, 0) is 27.8 Å². The molecule has 1 aliphatic heterocycles. The minimum absolute atomic E-state index is 0.0567. The molecule has 0 bridgehead atoms. The number of hydrogen-bond donors (Lipinski definition) is 2. The molecule has 1 aromatic heterocycles. The number of ether oxygens (including phenoxy) is 1. The Morgan fingerprint density at radius 2 is 1.94 bits per heavy atom. The van der Waals surface area contributed by atoms with Gasteiger partial charge in [-0.1, -0.05) is 36.4 Å². The van der Waals surface area contributed by atoms with Crippen molar-refractivity contribution in [2.24, 2.45) is 0 Å². The minimum Gasteiger partial charge on any atom is -0.377 e. The maximum atomic E-state index is 12.8. The fourth-order valence-electron chi connectivity index (χ4n) is 4.07. The molecule has 2 N–H and O–H groups in total. The van der Waals surface area contributed by atoms with Crippen LogP contribution in [0.2, 0.25) is 0 Å². The third-order valence-electron chi connectivity index (χ3n) is 6.06. The number of aromatic nitrogens is 2. The van der Waals surface area contributed by atoms with Crippen LogP contribution in [0.25, 0.3) is 0 Å². The Labute approximate surface area is 200 Å². The van der Waals surface area contributed by atoms with E-state index >= 15 is 0 Å². The molecule has 180 valence electrons. The summed E-state index contributed by atoms with van der Waals surface area (Å²) in [6.07, 6.45) is 1.67. The van der Waals surface area contributed by atoms with Crippen molar-refractivity contribution < 1.29 is 17.9 Å². The summed E-state index contributed by atoms with van der Waals surface area (Å²) >= 11 is 0. The third kappa shape index (κ3) is 5.72. The number of carbonyl (C=O) groups excluding carboxylic acids is 1. The summed E-state index contributed by atoms with van der Waals surface area (Å²) in [6, 6.07) is 16.1. The molecule has 1 fully saturated rings. The zero-order valence-corrected chi connectivity index (χ0v) is 20.3. The number of rotatable bonds is 9. The van der Waals surface area contributed by atoms with Gasteiger partial charge in [0.1, 0.15) is 0 Å². The Bertz CT molecular complexity index is 1250. The molecular weight excluding hydrogens is 452 g/mol. The van der Waals surface area contributed by atoms with Gasteiger partial charge in [0.2, 0.25) is 10.0 Å². The van der Waals surface area contributed by atoms with Gasteiger partial charge in [0.05, 0.1) is 23.2 Å². The fraction of sp³-hybridized carbons (Fsp3) is 0.360. The van der Waals surface area contributed by atoms with Crippen LogP contribution in [0.15, 0.2) is 59.5 Å². The molecule has 2 aromatic carbocycles. The van der Waals surface area contributed by atoms with Gasteiger partial charge in [0.25, 0.3) is 5.91 Å². The van der Waals surface area contributed by atoms with Gasteiger partial charge in [-0.25, -0.2) is 13.1 Å². The van der Waals surface area contributed by atoms with Crippen molar-refractivity contribution in [1.82, 2.24) is 19.8 Å². The largest absolute Gasteiger partial charge is 0.377 e. The SMILES string of the molecule is Cc1nn(Cc2ccccc2)c(C)c1CNC(=O)c1cccc(S(=O)(=O)NC[C@H]2CCCO2)c1. The number of nitrogens with one attached hydrogen (secondary N) is 2. The number of benzene rings is 2. The molecule has 4 rings (SSSR count). The summed E-state index contributed by atoms with van der Waals surface area (Å²) in [5.74, 6) is -0.342. The lowest BCUT2D eigenvalue weighted by Crippen LogP contribution is -2.32. The van der Waals surface area contributed by atoms with Gasteiger partial charge < -0.3 is 10.1 Å². The van der Waals surface area contributed by atoms with E-state index in [0.717, 1.165) is 35.4 Å². The predicted octanol–water partition coefficient (Wildman–Crippen LogP) is 2.94.